The average Bonchev–Trinajstić information content (AvgIpc) is 3.44. The normalized spacial score (nSPS) is 21.7. The van der Waals surface area contributed by atoms with Crippen LogP contribution in [0.25, 0.3) is 0 Å². The van der Waals surface area contributed by atoms with Gasteiger partial charge in [0.25, 0.3) is 5.91 Å². The maximum atomic E-state index is 14.7. The number of aromatic nitrogens is 1. The van der Waals surface area contributed by atoms with E-state index >= 15 is 0 Å². The van der Waals surface area contributed by atoms with E-state index < -0.39 is 5.95 Å². The second-order valence-corrected chi connectivity index (χ2v) is 7.99. The van der Waals surface area contributed by atoms with E-state index in [-0.39, 0.29) is 11.3 Å². The standard InChI is InChI=1S/C19H23FN6OS.CH3F/c1-22-11-12(10-21)26-9-6-14-16(19(26)27)28-18(23-14)13-4-5-15(24-17(13)20)25-7-2-3-8-25;1-2/h4-5,10-11,18,23H,2-3,6-9,21H2,1H3;1H3/b12-10+,22-11?;. The van der Waals surface area contributed by atoms with E-state index in [4.69, 9.17) is 5.73 Å². The van der Waals surface area contributed by atoms with E-state index in [1.165, 1.54) is 18.0 Å². The number of hydrogen-bond donors (Lipinski definition) is 2. The summed E-state index contributed by atoms with van der Waals surface area (Å²) in [6, 6.07) is 3.64. The number of nitrogens with zero attached hydrogens (tertiary/aromatic N) is 4. The zero-order valence-corrected chi connectivity index (χ0v) is 17.9. The van der Waals surface area contributed by atoms with E-state index in [1.807, 2.05) is 6.07 Å². The summed E-state index contributed by atoms with van der Waals surface area (Å²) in [5.74, 6) is 0.0532. The van der Waals surface area contributed by atoms with Crippen molar-refractivity contribution in [3.05, 3.63) is 46.1 Å². The molecule has 0 saturated carbocycles. The highest BCUT2D eigenvalue weighted by Gasteiger charge is 2.37. The summed E-state index contributed by atoms with van der Waals surface area (Å²) in [6.07, 6.45) is 5.82. The first kappa shape index (κ1) is 22.1. The number of thioether (sulfide) groups is 1. The smallest absolute Gasteiger partial charge is 0.266 e. The summed E-state index contributed by atoms with van der Waals surface area (Å²) in [6.45, 7) is 2.34. The fourth-order valence-corrected chi connectivity index (χ4v) is 4.99. The maximum Gasteiger partial charge on any atom is 0.266 e. The molecular weight excluding hydrogens is 410 g/mol. The molecular formula is C20H26F2N6OS. The molecule has 0 bridgehead atoms. The van der Waals surface area contributed by atoms with Crippen molar-refractivity contribution in [3.63, 3.8) is 0 Å². The largest absolute Gasteiger partial charge is 0.403 e. The van der Waals surface area contributed by atoms with E-state index in [9.17, 15) is 13.6 Å². The zero-order chi connectivity index (χ0) is 21.7. The molecule has 3 aliphatic heterocycles. The van der Waals surface area contributed by atoms with Crippen LogP contribution < -0.4 is 16.0 Å². The molecule has 0 aliphatic carbocycles. The van der Waals surface area contributed by atoms with Crippen LogP contribution in [0.1, 0.15) is 30.2 Å². The predicted molar refractivity (Wildman–Crippen MR) is 116 cm³/mol. The lowest BCUT2D eigenvalue weighted by Gasteiger charge is -2.27. The first-order valence-corrected chi connectivity index (χ1v) is 10.6. The lowest BCUT2D eigenvalue weighted by Crippen LogP contribution is -2.37. The molecule has 4 rings (SSSR count). The molecule has 30 heavy (non-hydrogen) atoms. The fourth-order valence-electron chi connectivity index (χ4n) is 3.73. The van der Waals surface area contributed by atoms with Gasteiger partial charge in [0.2, 0.25) is 5.95 Å². The number of hydrogen-bond acceptors (Lipinski definition) is 7. The number of carbonyl (C=O) groups is 1. The number of carbonyl (C=O) groups excluding carboxylic acids is 1. The molecule has 4 heterocycles. The van der Waals surface area contributed by atoms with Crippen LogP contribution in [0.2, 0.25) is 0 Å². The molecule has 7 nitrogen and oxygen atoms in total. The molecule has 1 aromatic heterocycles. The van der Waals surface area contributed by atoms with Gasteiger partial charge < -0.3 is 20.9 Å². The number of amides is 1. The van der Waals surface area contributed by atoms with Crippen molar-refractivity contribution in [2.75, 3.05) is 38.8 Å². The minimum absolute atomic E-state index is 0.139. The summed E-state index contributed by atoms with van der Waals surface area (Å²) < 4.78 is 24.2. The number of rotatable bonds is 4. The van der Waals surface area contributed by atoms with Crippen LogP contribution in [-0.2, 0) is 4.79 Å². The van der Waals surface area contributed by atoms with Crippen LogP contribution in [0.5, 0.6) is 0 Å². The maximum absolute atomic E-state index is 14.7. The van der Waals surface area contributed by atoms with Gasteiger partial charge in [-0.2, -0.15) is 4.39 Å². The third kappa shape index (κ3) is 4.28. The van der Waals surface area contributed by atoms with Crippen molar-refractivity contribution in [2.24, 2.45) is 10.7 Å². The van der Waals surface area contributed by atoms with Crippen molar-refractivity contribution in [1.82, 2.24) is 15.2 Å². The highest BCUT2D eigenvalue weighted by molar-refractivity contribution is 8.04. The van der Waals surface area contributed by atoms with Gasteiger partial charge >= 0.3 is 0 Å². The van der Waals surface area contributed by atoms with Gasteiger partial charge in [-0.25, -0.2) is 4.98 Å². The zero-order valence-electron chi connectivity index (χ0n) is 17.1. The van der Waals surface area contributed by atoms with Crippen LogP contribution in [-0.4, -0.2) is 55.9 Å². The molecule has 1 unspecified atom stereocenters. The lowest BCUT2D eigenvalue weighted by molar-refractivity contribution is -0.124. The number of allylic oxidation sites excluding steroid dienone is 1. The van der Waals surface area contributed by atoms with E-state index in [1.54, 1.807) is 24.2 Å². The summed E-state index contributed by atoms with van der Waals surface area (Å²) in [5.41, 5.74) is 7.52. The molecule has 1 saturated heterocycles. The van der Waals surface area contributed by atoms with Gasteiger partial charge in [0, 0.05) is 56.8 Å². The molecule has 162 valence electrons. The molecule has 1 atom stereocenters. The average molecular weight is 437 g/mol. The Bertz CT molecular complexity index is 882. The summed E-state index contributed by atoms with van der Waals surface area (Å²) in [5, 5.41) is 2.93. The van der Waals surface area contributed by atoms with Crippen molar-refractivity contribution < 1.29 is 13.6 Å². The molecule has 0 aromatic carbocycles. The summed E-state index contributed by atoms with van der Waals surface area (Å²) >= 11 is 1.33. The number of halogens is 2. The Morgan fingerprint density at radius 1 is 1.33 bits per heavy atom. The Balaban J connectivity index is 0.00000124. The van der Waals surface area contributed by atoms with Crippen LogP contribution in [0.4, 0.5) is 14.6 Å². The second kappa shape index (κ2) is 9.92. The quantitative estimate of drug-likeness (QED) is 0.558. The third-order valence-electron chi connectivity index (χ3n) is 5.16. The first-order valence-electron chi connectivity index (χ1n) is 9.74. The molecule has 3 N–H and O–H groups in total. The Morgan fingerprint density at radius 2 is 2.07 bits per heavy atom. The van der Waals surface area contributed by atoms with Gasteiger partial charge in [-0.1, -0.05) is 11.8 Å². The Morgan fingerprint density at radius 3 is 2.70 bits per heavy atom. The van der Waals surface area contributed by atoms with Crippen LogP contribution in [0.3, 0.4) is 0 Å². The van der Waals surface area contributed by atoms with Gasteiger partial charge in [-0.15, -0.1) is 0 Å². The fraction of sp³-hybridized carbons (Fsp3) is 0.450. The molecule has 1 aromatic rings. The third-order valence-corrected chi connectivity index (χ3v) is 6.42. The molecule has 0 radical (unpaired) electrons. The SMILES string of the molecule is CF.CN=C/C(=C\N)N1CCC2=C(SC(c3ccc(N4CCCC4)nc3F)N2)C1=O. The van der Waals surface area contributed by atoms with Crippen molar-refractivity contribution >= 4 is 29.7 Å². The van der Waals surface area contributed by atoms with E-state index in [0.717, 1.165) is 31.6 Å². The van der Waals surface area contributed by atoms with Gasteiger partial charge in [0.05, 0.1) is 17.8 Å². The minimum atomic E-state index is -0.487. The number of pyridine rings is 1. The predicted octanol–water partition coefficient (Wildman–Crippen LogP) is 2.69. The van der Waals surface area contributed by atoms with E-state index in [0.29, 0.717) is 42.1 Å². The van der Waals surface area contributed by atoms with Crippen LogP contribution in [0.15, 0.2) is 39.6 Å². The molecule has 1 fully saturated rings. The highest BCUT2D eigenvalue weighted by Crippen LogP contribution is 2.44. The minimum Gasteiger partial charge on any atom is -0.403 e. The molecule has 10 heteroatoms. The highest BCUT2D eigenvalue weighted by atomic mass is 32.2. The van der Waals surface area contributed by atoms with Gasteiger partial charge in [-0.3, -0.25) is 14.2 Å². The Kier molecular flexibility index (Phi) is 7.30. The number of nitrogens with one attached hydrogen (secondary N) is 1. The Hall–Kier alpha value is -2.62. The van der Waals surface area contributed by atoms with Gasteiger partial charge in [-0.05, 0) is 25.0 Å². The monoisotopic (exact) mass is 436 g/mol. The van der Waals surface area contributed by atoms with Crippen molar-refractivity contribution in [1.29, 1.82) is 0 Å². The van der Waals surface area contributed by atoms with Gasteiger partial charge in [0.1, 0.15) is 11.2 Å². The van der Waals surface area contributed by atoms with Crippen molar-refractivity contribution in [2.45, 2.75) is 24.6 Å². The van der Waals surface area contributed by atoms with Crippen LogP contribution >= 0.6 is 11.8 Å². The number of nitrogens with two attached hydrogens (primary N) is 1. The molecule has 3 aliphatic rings. The first-order chi connectivity index (χ1) is 14.6. The van der Waals surface area contributed by atoms with Gasteiger partial charge in [0.15, 0.2) is 0 Å². The number of alkyl halides is 1. The summed E-state index contributed by atoms with van der Waals surface area (Å²) in [7, 11) is 2.13. The lowest BCUT2D eigenvalue weighted by atomic mass is 10.1. The van der Waals surface area contributed by atoms with E-state index in [2.05, 4.69) is 20.2 Å². The molecule has 0 spiro atoms. The number of aliphatic imine (C=N–C) groups is 1. The Labute approximate surface area is 179 Å². The topological polar surface area (TPSA) is 86.8 Å². The van der Waals surface area contributed by atoms with Crippen molar-refractivity contribution in [3.8, 4) is 0 Å². The molecule has 1 amide bonds. The van der Waals surface area contributed by atoms with Crippen LogP contribution in [0, 0.1) is 5.95 Å². The second-order valence-electron chi connectivity index (χ2n) is 6.88. The summed E-state index contributed by atoms with van der Waals surface area (Å²) in [4.78, 5) is 25.3. The number of anilines is 1.